The zero-order valence-corrected chi connectivity index (χ0v) is 11.3. The van der Waals surface area contributed by atoms with Crippen LogP contribution < -0.4 is 0 Å². The van der Waals surface area contributed by atoms with Crippen LogP contribution in [0, 0.1) is 0 Å². The first kappa shape index (κ1) is 12.5. The van der Waals surface area contributed by atoms with Crippen molar-refractivity contribution >= 4 is 17.3 Å². The Morgan fingerprint density at radius 2 is 1.90 bits per heavy atom. The monoisotopic (exact) mass is 266 g/mol. The van der Waals surface area contributed by atoms with Crippen molar-refractivity contribution in [1.82, 2.24) is 14.8 Å². The van der Waals surface area contributed by atoms with Crippen LogP contribution in [0.3, 0.4) is 0 Å². The van der Waals surface area contributed by atoms with Gasteiger partial charge in [0.2, 0.25) is 11.6 Å². The van der Waals surface area contributed by atoms with Crippen LogP contribution in [0.1, 0.15) is 35.9 Å². The van der Waals surface area contributed by atoms with Gasteiger partial charge in [0.1, 0.15) is 6.33 Å². The summed E-state index contributed by atoms with van der Waals surface area (Å²) in [5.41, 5.74) is 2.09. The molecule has 1 aliphatic rings. The molecule has 100 valence electrons. The van der Waals surface area contributed by atoms with E-state index in [-0.39, 0.29) is 5.78 Å². The van der Waals surface area contributed by atoms with Gasteiger partial charge in [-0.25, -0.2) is 9.98 Å². The third-order valence-corrected chi connectivity index (χ3v) is 3.17. The van der Waals surface area contributed by atoms with E-state index < -0.39 is 0 Å². The maximum absolute atomic E-state index is 11.6. The Labute approximate surface area is 116 Å². The predicted octanol–water partition coefficient (Wildman–Crippen LogP) is 2.73. The van der Waals surface area contributed by atoms with Gasteiger partial charge in [-0.2, -0.15) is 9.78 Å². The molecule has 1 aromatic heterocycles. The van der Waals surface area contributed by atoms with Gasteiger partial charge >= 0.3 is 0 Å². The maximum atomic E-state index is 11.6. The zero-order valence-electron chi connectivity index (χ0n) is 11.3. The molecule has 1 aromatic carbocycles. The van der Waals surface area contributed by atoms with Crippen molar-refractivity contribution in [3.05, 3.63) is 54.1 Å². The summed E-state index contributed by atoms with van der Waals surface area (Å²) >= 11 is 0. The van der Waals surface area contributed by atoms with Gasteiger partial charge in [-0.1, -0.05) is 26.0 Å². The number of hydrogen-bond acceptors (Lipinski definition) is 4. The van der Waals surface area contributed by atoms with Crippen LogP contribution in [0.5, 0.6) is 0 Å². The number of hydrogen-bond donors (Lipinski definition) is 0. The number of benzene rings is 1. The summed E-state index contributed by atoms with van der Waals surface area (Å²) in [7, 11) is 0. The van der Waals surface area contributed by atoms with Crippen LogP contribution in [0.4, 0.5) is 5.69 Å². The minimum atomic E-state index is -0.156. The van der Waals surface area contributed by atoms with Gasteiger partial charge in [-0.3, -0.25) is 4.79 Å². The van der Waals surface area contributed by atoms with Gasteiger partial charge in [-0.05, 0) is 35.8 Å². The van der Waals surface area contributed by atoms with Crippen LogP contribution >= 0.6 is 0 Å². The standard InChI is InChI=1S/C15H14N4O/c1-10(2)11-3-5-12(6-4-11)18-14-8-7-13(20)15-16-9-17-19(14)15/h3-10H,1-2H3. The lowest BCUT2D eigenvalue weighted by Gasteiger charge is -2.09. The fourth-order valence-electron chi connectivity index (χ4n) is 2.02. The lowest BCUT2D eigenvalue weighted by Crippen LogP contribution is -2.21. The highest BCUT2D eigenvalue weighted by Gasteiger charge is 2.19. The lowest BCUT2D eigenvalue weighted by atomic mass is 10.0. The Hall–Kier alpha value is -2.56. The first-order valence-electron chi connectivity index (χ1n) is 6.46. The molecule has 0 aliphatic carbocycles. The molecule has 5 heteroatoms. The van der Waals surface area contributed by atoms with E-state index in [0.29, 0.717) is 17.6 Å². The molecule has 0 unspecified atom stereocenters. The third-order valence-electron chi connectivity index (χ3n) is 3.17. The molecule has 5 nitrogen and oxygen atoms in total. The molecular formula is C15H14N4O. The number of rotatable bonds is 2. The van der Waals surface area contributed by atoms with Crippen LogP contribution in [0.25, 0.3) is 0 Å². The molecule has 0 atom stereocenters. The Morgan fingerprint density at radius 1 is 1.15 bits per heavy atom. The second-order valence-corrected chi connectivity index (χ2v) is 4.91. The van der Waals surface area contributed by atoms with Crippen molar-refractivity contribution in [2.24, 2.45) is 4.99 Å². The Kier molecular flexibility index (Phi) is 3.02. The number of carbonyl (C=O) groups is 1. The van der Waals surface area contributed by atoms with Crippen molar-refractivity contribution in [2.45, 2.75) is 19.8 Å². The summed E-state index contributed by atoms with van der Waals surface area (Å²) in [6.45, 7) is 4.30. The fourth-order valence-corrected chi connectivity index (χ4v) is 2.02. The second kappa shape index (κ2) is 4.85. The molecule has 0 radical (unpaired) electrons. The molecule has 20 heavy (non-hydrogen) atoms. The van der Waals surface area contributed by atoms with E-state index in [4.69, 9.17) is 0 Å². The first-order chi connectivity index (χ1) is 9.65. The van der Waals surface area contributed by atoms with Gasteiger partial charge in [0.15, 0.2) is 5.84 Å². The molecule has 0 N–H and O–H groups in total. The van der Waals surface area contributed by atoms with Gasteiger partial charge in [0.05, 0.1) is 5.69 Å². The summed E-state index contributed by atoms with van der Waals surface area (Å²) in [4.78, 5) is 20.0. The first-order valence-corrected chi connectivity index (χ1v) is 6.46. The van der Waals surface area contributed by atoms with E-state index in [1.807, 2.05) is 12.1 Å². The minimum absolute atomic E-state index is 0.156. The van der Waals surface area contributed by atoms with Crippen molar-refractivity contribution in [1.29, 1.82) is 0 Å². The Morgan fingerprint density at radius 3 is 2.60 bits per heavy atom. The Bertz CT molecular complexity index is 708. The lowest BCUT2D eigenvalue weighted by molar-refractivity contribution is 0.103. The number of aliphatic imine (C=N–C) groups is 1. The van der Waals surface area contributed by atoms with Crippen LogP contribution in [0.2, 0.25) is 0 Å². The molecule has 3 rings (SSSR count). The summed E-state index contributed by atoms with van der Waals surface area (Å²) in [5.74, 6) is 1.22. The van der Waals surface area contributed by atoms with Crippen LogP contribution in [-0.2, 0) is 0 Å². The summed E-state index contributed by atoms with van der Waals surface area (Å²) in [6.07, 6.45) is 4.48. The molecule has 0 spiro atoms. The highest BCUT2D eigenvalue weighted by atomic mass is 16.1. The molecule has 0 saturated heterocycles. The maximum Gasteiger partial charge on any atom is 0.223 e. The van der Waals surface area contributed by atoms with Crippen molar-refractivity contribution < 1.29 is 4.79 Å². The summed E-state index contributed by atoms with van der Waals surface area (Å²) < 4.78 is 1.46. The molecule has 0 amide bonds. The fraction of sp³-hybridized carbons (Fsp3) is 0.200. The van der Waals surface area contributed by atoms with Crippen molar-refractivity contribution in [3.8, 4) is 0 Å². The predicted molar refractivity (Wildman–Crippen MR) is 76.5 cm³/mol. The smallest absolute Gasteiger partial charge is 0.223 e. The van der Waals surface area contributed by atoms with E-state index in [9.17, 15) is 4.79 Å². The molecular weight excluding hydrogens is 252 g/mol. The van der Waals surface area contributed by atoms with Gasteiger partial charge in [0.25, 0.3) is 0 Å². The number of ketones is 1. The molecule has 0 saturated carbocycles. The topological polar surface area (TPSA) is 60.1 Å². The molecule has 1 aliphatic heterocycles. The van der Waals surface area contributed by atoms with E-state index >= 15 is 0 Å². The average molecular weight is 266 g/mol. The second-order valence-electron chi connectivity index (χ2n) is 4.91. The van der Waals surface area contributed by atoms with Crippen LogP contribution in [0.15, 0.2) is 47.7 Å². The van der Waals surface area contributed by atoms with Gasteiger partial charge < -0.3 is 0 Å². The minimum Gasteiger partial charge on any atom is -0.286 e. The number of nitrogens with zero attached hydrogens (tertiary/aromatic N) is 4. The summed E-state index contributed by atoms with van der Waals surface area (Å²) in [6, 6.07) is 8.04. The highest BCUT2D eigenvalue weighted by Crippen LogP contribution is 2.20. The van der Waals surface area contributed by atoms with E-state index in [0.717, 1.165) is 5.69 Å². The van der Waals surface area contributed by atoms with Gasteiger partial charge in [0, 0.05) is 0 Å². The third kappa shape index (κ3) is 2.18. The number of aromatic nitrogens is 3. The van der Waals surface area contributed by atoms with E-state index in [1.54, 1.807) is 6.08 Å². The van der Waals surface area contributed by atoms with Crippen LogP contribution in [-0.4, -0.2) is 26.4 Å². The number of carbonyl (C=O) groups excluding carboxylic acids is 1. The molecule has 0 bridgehead atoms. The molecule has 2 aromatic rings. The van der Waals surface area contributed by atoms with Crippen molar-refractivity contribution in [3.63, 3.8) is 0 Å². The average Bonchev–Trinajstić information content (AvgIpc) is 2.93. The SMILES string of the molecule is CC(C)c1ccc(N=C2C=CC(=O)c3ncnn32)cc1. The molecule has 2 heterocycles. The van der Waals surface area contributed by atoms with E-state index in [2.05, 4.69) is 41.1 Å². The zero-order chi connectivity index (χ0) is 14.1. The van der Waals surface area contributed by atoms with Gasteiger partial charge in [-0.15, -0.1) is 0 Å². The van der Waals surface area contributed by atoms with Crippen molar-refractivity contribution in [2.75, 3.05) is 0 Å². The Balaban J connectivity index is 1.97. The highest BCUT2D eigenvalue weighted by molar-refractivity contribution is 6.13. The number of allylic oxidation sites excluding steroid dienone is 2. The molecule has 0 fully saturated rings. The number of fused-ring (bicyclic) bond motifs is 1. The largest absolute Gasteiger partial charge is 0.286 e. The summed E-state index contributed by atoms with van der Waals surface area (Å²) in [5, 5.41) is 4.03. The quantitative estimate of drug-likeness (QED) is 0.839. The van der Waals surface area contributed by atoms with E-state index in [1.165, 1.54) is 22.6 Å². The normalized spacial score (nSPS) is 15.9.